The highest BCUT2D eigenvalue weighted by Gasteiger charge is 2.23. The van der Waals surface area contributed by atoms with Gasteiger partial charge in [0.05, 0.1) is 21.0 Å². The summed E-state index contributed by atoms with van der Waals surface area (Å²) >= 11 is 0. The predicted molar refractivity (Wildman–Crippen MR) is 140 cm³/mol. The third-order valence-corrected chi connectivity index (χ3v) is 7.00. The fourth-order valence-corrected chi connectivity index (χ4v) is 5.31. The van der Waals surface area contributed by atoms with Gasteiger partial charge in [0, 0.05) is 12.1 Å². The van der Waals surface area contributed by atoms with Gasteiger partial charge in [-0.25, -0.2) is 0 Å². The minimum atomic E-state index is -0.369. The summed E-state index contributed by atoms with van der Waals surface area (Å²) in [6.45, 7) is 0. The highest BCUT2D eigenvalue weighted by Crippen LogP contribution is 2.43. The van der Waals surface area contributed by atoms with Crippen molar-refractivity contribution in [1.29, 1.82) is 0 Å². The maximum absolute atomic E-state index is 11.8. The molecule has 5 aromatic carbocycles. The van der Waals surface area contributed by atoms with Crippen LogP contribution in [0.1, 0.15) is 22.3 Å². The monoisotopic (exact) mass is 472 g/mol. The fraction of sp³-hybridized carbons (Fsp3) is 0.0667. The van der Waals surface area contributed by atoms with Crippen LogP contribution < -0.4 is 0 Å². The lowest BCUT2D eigenvalue weighted by Crippen LogP contribution is -2.07. The lowest BCUT2D eigenvalue weighted by Gasteiger charge is -2.22. The van der Waals surface area contributed by atoms with E-state index in [1.54, 1.807) is 36.4 Å². The van der Waals surface area contributed by atoms with Crippen molar-refractivity contribution in [3.05, 3.63) is 140 Å². The summed E-state index contributed by atoms with van der Waals surface area (Å²) in [7, 11) is 0. The average molecular weight is 473 g/mol. The van der Waals surface area contributed by atoms with E-state index in [0.29, 0.717) is 11.1 Å². The largest absolute Gasteiger partial charge is 0.277 e. The first kappa shape index (κ1) is 21.7. The first-order valence-corrected chi connectivity index (χ1v) is 11.6. The molecule has 36 heavy (non-hydrogen) atoms. The molecule has 0 radical (unpaired) electrons. The van der Waals surface area contributed by atoms with Crippen LogP contribution in [0.5, 0.6) is 0 Å². The summed E-state index contributed by atoms with van der Waals surface area (Å²) in [4.78, 5) is 22.9. The molecule has 6 heteroatoms. The average Bonchev–Trinajstić information content (AvgIpc) is 2.90. The number of rotatable bonds is 4. The van der Waals surface area contributed by atoms with E-state index in [9.17, 15) is 20.2 Å². The van der Waals surface area contributed by atoms with Gasteiger partial charge < -0.3 is 0 Å². The molecule has 0 atom stereocenters. The quantitative estimate of drug-likeness (QED) is 0.196. The minimum absolute atomic E-state index is 0.0281. The van der Waals surface area contributed by atoms with Gasteiger partial charge in [-0.2, -0.15) is 0 Å². The molecule has 0 unspecified atom stereocenters. The molecule has 6 nitrogen and oxygen atoms in total. The molecule has 0 spiro atoms. The Morgan fingerprint density at radius 3 is 1.28 bits per heavy atom. The van der Waals surface area contributed by atoms with Crippen LogP contribution in [0.4, 0.5) is 11.4 Å². The Balaban J connectivity index is 1.67. The maximum Gasteiger partial charge on any atom is 0.277 e. The van der Waals surface area contributed by atoms with E-state index in [2.05, 4.69) is 24.3 Å². The standard InChI is InChI=1S/C30H20N2O4/c33-31(34)29-11-5-3-9-25(29)23-13-14-24(26-10-4-6-12-30(26)32(35)36)28-18-22-16-20-8-2-1-7-19(20)15-21(22)17-27(23)28/h1-14,17-18H,15-16H2. The summed E-state index contributed by atoms with van der Waals surface area (Å²) in [5, 5.41) is 25.4. The molecule has 0 aliphatic heterocycles. The van der Waals surface area contributed by atoms with E-state index < -0.39 is 0 Å². The first-order chi connectivity index (χ1) is 17.5. The zero-order valence-corrected chi connectivity index (χ0v) is 19.2. The van der Waals surface area contributed by atoms with Crippen molar-refractivity contribution in [2.24, 2.45) is 0 Å². The van der Waals surface area contributed by atoms with Crippen molar-refractivity contribution in [1.82, 2.24) is 0 Å². The SMILES string of the molecule is O=[N+]([O-])c1ccccc1-c1ccc(-c2ccccc2[N+](=O)[O-])c2cc3c(cc12)Cc1ccccc1C3. The lowest BCUT2D eigenvalue weighted by molar-refractivity contribution is -0.384. The van der Waals surface area contributed by atoms with Crippen molar-refractivity contribution in [2.75, 3.05) is 0 Å². The number of benzene rings is 5. The Bertz CT molecular complexity index is 1580. The molecule has 5 aromatic rings. The molecule has 0 bridgehead atoms. The molecule has 0 fully saturated rings. The smallest absolute Gasteiger partial charge is 0.258 e. The molecule has 0 N–H and O–H groups in total. The second-order valence-electron chi connectivity index (χ2n) is 9.00. The highest BCUT2D eigenvalue weighted by molar-refractivity contribution is 6.07. The molecule has 0 heterocycles. The number of nitro benzene ring substituents is 2. The highest BCUT2D eigenvalue weighted by atomic mass is 16.6. The summed E-state index contributed by atoms with van der Waals surface area (Å²) in [5.41, 5.74) is 7.46. The molecule has 1 aliphatic carbocycles. The molecular formula is C30H20N2O4. The first-order valence-electron chi connectivity index (χ1n) is 11.6. The summed E-state index contributed by atoms with van der Waals surface area (Å²) in [6, 6.07) is 29.7. The van der Waals surface area contributed by atoms with Crippen LogP contribution in [-0.2, 0) is 12.8 Å². The second-order valence-corrected chi connectivity index (χ2v) is 9.00. The molecule has 0 saturated carbocycles. The zero-order valence-electron chi connectivity index (χ0n) is 19.2. The van der Waals surface area contributed by atoms with E-state index in [0.717, 1.165) is 34.7 Å². The number of para-hydroxylation sites is 2. The number of fused-ring (bicyclic) bond motifs is 3. The Kier molecular flexibility index (Phi) is 5.08. The van der Waals surface area contributed by atoms with Crippen molar-refractivity contribution < 1.29 is 9.85 Å². The van der Waals surface area contributed by atoms with Crippen LogP contribution >= 0.6 is 0 Å². The second kappa shape index (κ2) is 8.43. The number of hydrogen-bond donors (Lipinski definition) is 0. The zero-order chi connectivity index (χ0) is 24.8. The topological polar surface area (TPSA) is 86.3 Å². The van der Waals surface area contributed by atoms with Crippen LogP contribution in [0.15, 0.2) is 97.1 Å². The Morgan fingerprint density at radius 1 is 0.472 bits per heavy atom. The van der Waals surface area contributed by atoms with Gasteiger partial charge in [0.2, 0.25) is 0 Å². The van der Waals surface area contributed by atoms with Gasteiger partial charge in [0.1, 0.15) is 0 Å². The van der Waals surface area contributed by atoms with Gasteiger partial charge >= 0.3 is 0 Å². The van der Waals surface area contributed by atoms with Crippen molar-refractivity contribution in [3.8, 4) is 22.3 Å². The van der Waals surface area contributed by atoms with Gasteiger partial charge in [-0.15, -0.1) is 0 Å². The van der Waals surface area contributed by atoms with E-state index in [-0.39, 0.29) is 21.2 Å². The third kappa shape index (κ3) is 3.51. The Labute approximate surface area is 206 Å². The van der Waals surface area contributed by atoms with E-state index in [1.807, 2.05) is 24.3 Å². The van der Waals surface area contributed by atoms with Gasteiger partial charge in [0.15, 0.2) is 0 Å². The van der Waals surface area contributed by atoms with E-state index in [4.69, 9.17) is 0 Å². The predicted octanol–water partition coefficient (Wildman–Crippen LogP) is 7.49. The van der Waals surface area contributed by atoms with Crippen molar-refractivity contribution in [2.45, 2.75) is 12.8 Å². The minimum Gasteiger partial charge on any atom is -0.258 e. The van der Waals surface area contributed by atoms with Gasteiger partial charge in [-0.05, 0) is 81.3 Å². The molecule has 0 saturated heterocycles. The van der Waals surface area contributed by atoms with Crippen LogP contribution in [0, 0.1) is 20.2 Å². The third-order valence-electron chi connectivity index (χ3n) is 7.00. The Hall–Kier alpha value is -4.84. The molecule has 0 aromatic heterocycles. The van der Waals surface area contributed by atoms with E-state index in [1.165, 1.54) is 34.4 Å². The summed E-state index contributed by atoms with van der Waals surface area (Å²) < 4.78 is 0. The summed E-state index contributed by atoms with van der Waals surface area (Å²) in [5.74, 6) is 0. The molecule has 1 aliphatic rings. The number of nitro groups is 2. The van der Waals surface area contributed by atoms with Crippen molar-refractivity contribution >= 4 is 22.1 Å². The van der Waals surface area contributed by atoms with E-state index >= 15 is 0 Å². The molecule has 0 amide bonds. The number of nitrogens with zero attached hydrogens (tertiary/aromatic N) is 2. The summed E-state index contributed by atoms with van der Waals surface area (Å²) in [6.07, 6.45) is 1.54. The normalized spacial score (nSPS) is 12.1. The van der Waals surface area contributed by atoms with Crippen LogP contribution in [0.25, 0.3) is 33.0 Å². The van der Waals surface area contributed by atoms with Gasteiger partial charge in [0.25, 0.3) is 11.4 Å². The van der Waals surface area contributed by atoms with Crippen LogP contribution in [0.3, 0.4) is 0 Å². The molecular weight excluding hydrogens is 452 g/mol. The maximum atomic E-state index is 11.8. The number of hydrogen-bond acceptors (Lipinski definition) is 4. The molecule has 174 valence electrons. The van der Waals surface area contributed by atoms with Crippen molar-refractivity contribution in [3.63, 3.8) is 0 Å². The van der Waals surface area contributed by atoms with Gasteiger partial charge in [-0.1, -0.05) is 60.7 Å². The fourth-order valence-electron chi connectivity index (χ4n) is 5.31. The molecule has 6 rings (SSSR count). The van der Waals surface area contributed by atoms with Crippen LogP contribution in [0.2, 0.25) is 0 Å². The lowest BCUT2D eigenvalue weighted by atomic mass is 9.82. The Morgan fingerprint density at radius 2 is 0.861 bits per heavy atom. The van der Waals surface area contributed by atoms with Gasteiger partial charge in [-0.3, -0.25) is 20.2 Å². The van der Waals surface area contributed by atoms with Crippen LogP contribution in [-0.4, -0.2) is 9.85 Å².